The Morgan fingerprint density at radius 3 is 2.42 bits per heavy atom. The number of esters is 2. The number of rotatable bonds is 4. The van der Waals surface area contributed by atoms with Crippen molar-refractivity contribution in [2.45, 2.75) is 20.3 Å². The minimum Gasteiger partial charge on any atom is -0.465 e. The highest BCUT2D eigenvalue weighted by Crippen LogP contribution is 2.32. The van der Waals surface area contributed by atoms with E-state index in [9.17, 15) is 9.59 Å². The highest BCUT2D eigenvalue weighted by molar-refractivity contribution is 6.05. The fourth-order valence-corrected chi connectivity index (χ4v) is 2.69. The molecule has 0 atom stereocenters. The molecule has 5 heteroatoms. The van der Waals surface area contributed by atoms with Gasteiger partial charge in [0.05, 0.1) is 25.5 Å². The Kier molecular flexibility index (Phi) is 5.58. The summed E-state index contributed by atoms with van der Waals surface area (Å²) in [6.07, 6.45) is 7.55. The van der Waals surface area contributed by atoms with Gasteiger partial charge in [0, 0.05) is 6.20 Å². The van der Waals surface area contributed by atoms with E-state index < -0.39 is 11.9 Å². The smallest absolute Gasteiger partial charge is 0.355 e. The third-order valence-corrected chi connectivity index (χ3v) is 3.83. The van der Waals surface area contributed by atoms with Crippen LogP contribution < -0.4 is 4.90 Å². The van der Waals surface area contributed by atoms with Gasteiger partial charge in [0.25, 0.3) is 0 Å². The number of para-hydroxylation sites is 1. The number of carbonyl (C=O) groups is 2. The van der Waals surface area contributed by atoms with Crippen molar-refractivity contribution in [2.75, 3.05) is 19.1 Å². The Bertz CT molecular complexity index is 744. The van der Waals surface area contributed by atoms with Crippen LogP contribution in [0.1, 0.15) is 18.1 Å². The molecule has 24 heavy (non-hydrogen) atoms. The van der Waals surface area contributed by atoms with Crippen molar-refractivity contribution in [3.05, 3.63) is 65.0 Å². The highest BCUT2D eigenvalue weighted by Gasteiger charge is 2.28. The summed E-state index contributed by atoms with van der Waals surface area (Å²) in [5.41, 5.74) is 3.21. The van der Waals surface area contributed by atoms with E-state index in [1.807, 2.05) is 32.0 Å². The molecule has 0 radical (unpaired) electrons. The summed E-state index contributed by atoms with van der Waals surface area (Å²) in [6, 6.07) is 5.94. The third kappa shape index (κ3) is 3.25. The molecule has 0 saturated heterocycles. The number of aryl methyl sites for hydroxylation is 2. The SMILES string of the molecule is CCc1cccc(C)c1N1C=CC=CC(C(=O)OC)=C1C(=O)OC. The van der Waals surface area contributed by atoms with Crippen LogP contribution in [0.15, 0.2) is 53.9 Å². The van der Waals surface area contributed by atoms with Crippen molar-refractivity contribution in [3.63, 3.8) is 0 Å². The minimum atomic E-state index is -0.600. The van der Waals surface area contributed by atoms with Gasteiger partial charge >= 0.3 is 11.9 Å². The fourth-order valence-electron chi connectivity index (χ4n) is 2.69. The lowest BCUT2D eigenvalue weighted by molar-refractivity contribution is -0.139. The first-order valence-corrected chi connectivity index (χ1v) is 7.68. The molecule has 0 saturated carbocycles. The monoisotopic (exact) mass is 327 g/mol. The average Bonchev–Trinajstić information content (AvgIpc) is 2.82. The van der Waals surface area contributed by atoms with Crippen molar-refractivity contribution < 1.29 is 19.1 Å². The van der Waals surface area contributed by atoms with E-state index in [4.69, 9.17) is 9.47 Å². The van der Waals surface area contributed by atoms with Crippen molar-refractivity contribution in [1.29, 1.82) is 0 Å². The number of benzene rings is 1. The molecule has 0 fully saturated rings. The van der Waals surface area contributed by atoms with Gasteiger partial charge in [-0.05, 0) is 36.6 Å². The van der Waals surface area contributed by atoms with Crippen LogP contribution >= 0.6 is 0 Å². The third-order valence-electron chi connectivity index (χ3n) is 3.83. The van der Waals surface area contributed by atoms with E-state index in [0.717, 1.165) is 23.2 Å². The molecule has 0 spiro atoms. The number of hydrogen-bond donors (Lipinski definition) is 0. The lowest BCUT2D eigenvalue weighted by atomic mass is 10.0. The summed E-state index contributed by atoms with van der Waals surface area (Å²) in [7, 11) is 2.57. The second-order valence-electron chi connectivity index (χ2n) is 5.25. The van der Waals surface area contributed by atoms with E-state index in [2.05, 4.69) is 0 Å². The molecular formula is C19H21NO4. The van der Waals surface area contributed by atoms with Crippen molar-refractivity contribution >= 4 is 17.6 Å². The molecule has 5 nitrogen and oxygen atoms in total. The van der Waals surface area contributed by atoms with Crippen LogP contribution in [0.25, 0.3) is 0 Å². The van der Waals surface area contributed by atoms with E-state index in [-0.39, 0.29) is 11.3 Å². The molecule has 0 N–H and O–H groups in total. The molecule has 0 unspecified atom stereocenters. The number of nitrogens with zero attached hydrogens (tertiary/aromatic N) is 1. The Morgan fingerprint density at radius 1 is 1.08 bits per heavy atom. The molecule has 0 aromatic heterocycles. The van der Waals surface area contributed by atoms with E-state index >= 15 is 0 Å². The topological polar surface area (TPSA) is 55.8 Å². The number of hydrogen-bond acceptors (Lipinski definition) is 5. The predicted molar refractivity (Wildman–Crippen MR) is 92.4 cm³/mol. The first-order chi connectivity index (χ1) is 11.5. The zero-order valence-corrected chi connectivity index (χ0v) is 14.3. The van der Waals surface area contributed by atoms with Gasteiger partial charge in [-0.2, -0.15) is 0 Å². The minimum absolute atomic E-state index is 0.137. The number of methoxy groups -OCH3 is 2. The first-order valence-electron chi connectivity index (χ1n) is 7.68. The molecular weight excluding hydrogens is 306 g/mol. The van der Waals surface area contributed by atoms with Crippen LogP contribution in [0, 0.1) is 6.92 Å². The molecule has 1 aliphatic rings. The lowest BCUT2D eigenvalue weighted by Gasteiger charge is -2.27. The molecule has 0 amide bonds. The number of ether oxygens (including phenoxy) is 2. The lowest BCUT2D eigenvalue weighted by Crippen LogP contribution is -2.28. The second-order valence-corrected chi connectivity index (χ2v) is 5.25. The Balaban J connectivity index is 2.76. The van der Waals surface area contributed by atoms with E-state index in [1.54, 1.807) is 29.3 Å². The van der Waals surface area contributed by atoms with Gasteiger partial charge in [0.2, 0.25) is 0 Å². The summed E-state index contributed by atoms with van der Waals surface area (Å²) < 4.78 is 9.75. The van der Waals surface area contributed by atoms with Crippen LogP contribution in [0.4, 0.5) is 5.69 Å². The average molecular weight is 327 g/mol. The fraction of sp³-hybridized carbons (Fsp3) is 0.263. The molecule has 1 heterocycles. The molecule has 1 aliphatic heterocycles. The van der Waals surface area contributed by atoms with Gasteiger partial charge in [0.1, 0.15) is 5.70 Å². The van der Waals surface area contributed by atoms with Crippen molar-refractivity contribution in [3.8, 4) is 0 Å². The van der Waals surface area contributed by atoms with Crippen molar-refractivity contribution in [2.24, 2.45) is 0 Å². The number of anilines is 1. The van der Waals surface area contributed by atoms with E-state index in [0.29, 0.717) is 0 Å². The maximum absolute atomic E-state index is 12.4. The standard InChI is InChI=1S/C19H21NO4/c1-5-14-10-8-9-13(2)16(14)20-12-7-6-11-15(18(21)23-3)17(20)19(22)24-4/h6-12H,5H2,1-4H3. The largest absolute Gasteiger partial charge is 0.465 e. The summed E-state index contributed by atoms with van der Waals surface area (Å²) in [5.74, 6) is -1.19. The maximum Gasteiger partial charge on any atom is 0.355 e. The maximum atomic E-state index is 12.4. The molecule has 0 bridgehead atoms. The molecule has 1 aromatic carbocycles. The summed E-state index contributed by atoms with van der Waals surface area (Å²) >= 11 is 0. The zero-order chi connectivity index (χ0) is 17.7. The summed E-state index contributed by atoms with van der Waals surface area (Å²) in [6.45, 7) is 4.01. The second kappa shape index (κ2) is 7.64. The molecule has 126 valence electrons. The number of carbonyl (C=O) groups excluding carboxylic acids is 2. The van der Waals surface area contributed by atoms with Crippen LogP contribution in [0.5, 0.6) is 0 Å². The molecule has 0 aliphatic carbocycles. The van der Waals surface area contributed by atoms with Crippen LogP contribution in [-0.2, 0) is 25.5 Å². The van der Waals surface area contributed by atoms with Crippen LogP contribution in [-0.4, -0.2) is 26.2 Å². The highest BCUT2D eigenvalue weighted by atomic mass is 16.5. The predicted octanol–water partition coefficient (Wildman–Crippen LogP) is 3.05. The van der Waals surface area contributed by atoms with Crippen LogP contribution in [0.2, 0.25) is 0 Å². The van der Waals surface area contributed by atoms with E-state index in [1.165, 1.54) is 14.2 Å². The van der Waals surface area contributed by atoms with Gasteiger partial charge in [-0.25, -0.2) is 9.59 Å². The Hall–Kier alpha value is -2.82. The number of allylic oxidation sites excluding steroid dienone is 2. The summed E-state index contributed by atoms with van der Waals surface area (Å²) in [4.78, 5) is 26.3. The summed E-state index contributed by atoms with van der Waals surface area (Å²) in [5, 5.41) is 0. The normalized spacial score (nSPS) is 13.8. The van der Waals surface area contributed by atoms with Gasteiger partial charge < -0.3 is 14.4 Å². The van der Waals surface area contributed by atoms with Gasteiger partial charge in [-0.1, -0.05) is 31.2 Å². The van der Waals surface area contributed by atoms with Crippen LogP contribution in [0.3, 0.4) is 0 Å². The Morgan fingerprint density at radius 2 is 1.79 bits per heavy atom. The van der Waals surface area contributed by atoms with Gasteiger partial charge in [-0.3, -0.25) is 0 Å². The molecule has 2 rings (SSSR count). The van der Waals surface area contributed by atoms with Gasteiger partial charge in [-0.15, -0.1) is 0 Å². The Labute approximate surface area is 141 Å². The van der Waals surface area contributed by atoms with Gasteiger partial charge in [0.15, 0.2) is 0 Å². The quantitative estimate of drug-likeness (QED) is 0.796. The first kappa shape index (κ1) is 17.5. The molecule has 1 aromatic rings. The van der Waals surface area contributed by atoms with Crippen molar-refractivity contribution in [1.82, 2.24) is 0 Å². The zero-order valence-electron chi connectivity index (χ0n) is 14.3.